The number of rotatable bonds is 10. The van der Waals surface area contributed by atoms with Gasteiger partial charge in [-0.1, -0.05) is 61.9 Å². The molecule has 3 N–H and O–H groups in total. The Balaban J connectivity index is 1.90. The molecule has 3 rings (SSSR count). The Kier molecular flexibility index (Phi) is 7.32. The molecule has 0 atom stereocenters. The molecule has 1 aromatic heterocycles. The second-order valence-electron chi connectivity index (χ2n) is 7.07. The van der Waals surface area contributed by atoms with Crippen LogP contribution in [0.15, 0.2) is 70.3 Å². The van der Waals surface area contributed by atoms with Gasteiger partial charge in [0.25, 0.3) is 5.56 Å². The minimum atomic E-state index is -0.485. The monoisotopic (exact) mass is 408 g/mol. The molecule has 0 unspecified atom stereocenters. The average Bonchev–Trinajstić information content (AvgIpc) is 2.75. The maximum absolute atomic E-state index is 12.7. The topological polar surface area (TPSA) is 93.3 Å². The summed E-state index contributed by atoms with van der Waals surface area (Å²) in [5.41, 5.74) is 6.69. The summed E-state index contributed by atoms with van der Waals surface area (Å²) < 4.78 is 7.27. The van der Waals surface area contributed by atoms with Crippen molar-refractivity contribution in [1.29, 1.82) is 0 Å². The van der Waals surface area contributed by atoms with Gasteiger partial charge in [-0.2, -0.15) is 0 Å². The fourth-order valence-electron chi connectivity index (χ4n) is 3.29. The molecule has 158 valence electrons. The SMILES string of the molecule is CCCCn1c(N)c(N(CCOc2ccccc2)Cc2ccccc2)c(=O)[nH]c1=O. The molecule has 0 amide bonds. The van der Waals surface area contributed by atoms with E-state index in [4.69, 9.17) is 10.5 Å². The summed E-state index contributed by atoms with van der Waals surface area (Å²) in [7, 11) is 0. The highest BCUT2D eigenvalue weighted by atomic mass is 16.5. The van der Waals surface area contributed by atoms with Crippen molar-refractivity contribution in [1.82, 2.24) is 9.55 Å². The number of hydrogen-bond donors (Lipinski definition) is 2. The lowest BCUT2D eigenvalue weighted by Gasteiger charge is -2.26. The van der Waals surface area contributed by atoms with Gasteiger partial charge in [-0.15, -0.1) is 0 Å². The number of ether oxygens (including phenoxy) is 1. The van der Waals surface area contributed by atoms with Crippen LogP contribution in [0.2, 0.25) is 0 Å². The Morgan fingerprint density at radius 1 is 1.03 bits per heavy atom. The molecule has 3 aromatic rings. The van der Waals surface area contributed by atoms with Crippen LogP contribution >= 0.6 is 0 Å². The summed E-state index contributed by atoms with van der Waals surface area (Å²) in [5, 5.41) is 0. The van der Waals surface area contributed by atoms with Gasteiger partial charge in [0.05, 0.1) is 6.54 Å². The van der Waals surface area contributed by atoms with Crippen LogP contribution in [0, 0.1) is 0 Å². The summed E-state index contributed by atoms with van der Waals surface area (Å²) >= 11 is 0. The molecule has 0 bridgehead atoms. The Bertz CT molecular complexity index is 1050. The molecule has 2 aromatic carbocycles. The average molecular weight is 409 g/mol. The normalized spacial score (nSPS) is 10.7. The van der Waals surface area contributed by atoms with Crippen LogP contribution in [0.4, 0.5) is 11.5 Å². The maximum atomic E-state index is 12.7. The van der Waals surface area contributed by atoms with E-state index in [1.165, 1.54) is 4.57 Å². The number of para-hydroxylation sites is 1. The first-order valence-electron chi connectivity index (χ1n) is 10.2. The molecule has 0 spiro atoms. The maximum Gasteiger partial charge on any atom is 0.330 e. The van der Waals surface area contributed by atoms with Gasteiger partial charge in [-0.3, -0.25) is 14.3 Å². The van der Waals surface area contributed by atoms with Crippen molar-refractivity contribution < 1.29 is 4.74 Å². The summed E-state index contributed by atoms with van der Waals surface area (Å²) in [6, 6.07) is 19.3. The number of aromatic amines is 1. The third kappa shape index (κ3) is 5.31. The molecule has 7 heteroatoms. The van der Waals surface area contributed by atoms with E-state index in [1.807, 2.05) is 72.5 Å². The molecular formula is C23H28N4O3. The highest BCUT2D eigenvalue weighted by molar-refractivity contribution is 5.62. The van der Waals surface area contributed by atoms with Crippen molar-refractivity contribution in [2.45, 2.75) is 32.9 Å². The number of nitrogens with zero attached hydrogens (tertiary/aromatic N) is 2. The highest BCUT2D eigenvalue weighted by Crippen LogP contribution is 2.20. The second-order valence-corrected chi connectivity index (χ2v) is 7.07. The Morgan fingerprint density at radius 3 is 2.37 bits per heavy atom. The lowest BCUT2D eigenvalue weighted by molar-refractivity contribution is 0.323. The van der Waals surface area contributed by atoms with Crippen molar-refractivity contribution >= 4 is 11.5 Å². The number of nitrogens with one attached hydrogen (secondary N) is 1. The van der Waals surface area contributed by atoms with Gasteiger partial charge in [-0.05, 0) is 24.1 Å². The van der Waals surface area contributed by atoms with Gasteiger partial charge < -0.3 is 15.4 Å². The molecule has 0 aliphatic rings. The predicted octanol–water partition coefficient (Wildman–Crippen LogP) is 3.00. The van der Waals surface area contributed by atoms with Gasteiger partial charge in [0.2, 0.25) is 0 Å². The molecule has 0 aliphatic carbocycles. The lowest BCUT2D eigenvalue weighted by atomic mass is 10.2. The number of nitrogen functional groups attached to an aromatic ring is 1. The molecule has 0 radical (unpaired) electrons. The Morgan fingerprint density at radius 2 is 1.70 bits per heavy atom. The summed E-state index contributed by atoms with van der Waals surface area (Å²) in [6.45, 7) is 3.77. The molecule has 1 heterocycles. The zero-order valence-corrected chi connectivity index (χ0v) is 17.2. The van der Waals surface area contributed by atoms with Crippen molar-refractivity contribution in [2.75, 3.05) is 23.8 Å². The number of unbranched alkanes of at least 4 members (excludes halogenated alkanes) is 1. The standard InChI is InChI=1S/C23H28N4O3/c1-2-3-14-27-21(24)20(22(28)25-23(27)29)26(17-18-10-6-4-7-11-18)15-16-30-19-12-8-5-9-13-19/h4-13H,2-3,14-17,24H2,1H3,(H,25,28,29). The third-order valence-corrected chi connectivity index (χ3v) is 4.86. The van der Waals surface area contributed by atoms with Gasteiger partial charge >= 0.3 is 5.69 Å². The van der Waals surface area contributed by atoms with E-state index in [2.05, 4.69) is 4.98 Å². The van der Waals surface area contributed by atoms with Crippen LogP contribution in [-0.2, 0) is 13.1 Å². The van der Waals surface area contributed by atoms with Crippen molar-refractivity contribution in [3.8, 4) is 5.75 Å². The summed E-state index contributed by atoms with van der Waals surface area (Å²) in [4.78, 5) is 29.3. The zero-order chi connectivity index (χ0) is 21.3. The number of hydrogen-bond acceptors (Lipinski definition) is 5. The van der Waals surface area contributed by atoms with Crippen LogP contribution in [0.5, 0.6) is 5.75 Å². The first kappa shape index (κ1) is 21.2. The van der Waals surface area contributed by atoms with Crippen molar-refractivity contribution in [2.24, 2.45) is 0 Å². The first-order valence-corrected chi connectivity index (χ1v) is 10.2. The van der Waals surface area contributed by atoms with Crippen LogP contribution in [0.3, 0.4) is 0 Å². The van der Waals surface area contributed by atoms with Gasteiger partial charge in [0.15, 0.2) is 0 Å². The number of nitrogens with two attached hydrogens (primary N) is 1. The zero-order valence-electron chi connectivity index (χ0n) is 17.2. The van der Waals surface area contributed by atoms with Crippen molar-refractivity contribution in [3.63, 3.8) is 0 Å². The third-order valence-electron chi connectivity index (χ3n) is 4.86. The quantitative estimate of drug-likeness (QED) is 0.538. The summed E-state index contributed by atoms with van der Waals surface area (Å²) in [5.74, 6) is 0.944. The van der Waals surface area contributed by atoms with E-state index in [1.54, 1.807) is 0 Å². The molecule has 0 aliphatic heterocycles. The van der Waals surface area contributed by atoms with E-state index in [0.29, 0.717) is 31.9 Å². The second kappa shape index (κ2) is 10.3. The Labute approximate surface area is 175 Å². The lowest BCUT2D eigenvalue weighted by Crippen LogP contribution is -2.39. The van der Waals surface area contributed by atoms with E-state index in [0.717, 1.165) is 24.2 Å². The van der Waals surface area contributed by atoms with E-state index in [9.17, 15) is 9.59 Å². The fraction of sp³-hybridized carbons (Fsp3) is 0.304. The van der Waals surface area contributed by atoms with Crippen LogP contribution in [-0.4, -0.2) is 22.7 Å². The molecule has 7 nitrogen and oxygen atoms in total. The van der Waals surface area contributed by atoms with Crippen molar-refractivity contribution in [3.05, 3.63) is 87.1 Å². The first-order chi connectivity index (χ1) is 14.6. The number of benzene rings is 2. The smallest absolute Gasteiger partial charge is 0.330 e. The van der Waals surface area contributed by atoms with Crippen LogP contribution in [0.25, 0.3) is 0 Å². The van der Waals surface area contributed by atoms with Gasteiger partial charge in [-0.25, -0.2) is 4.79 Å². The van der Waals surface area contributed by atoms with Gasteiger partial charge in [0, 0.05) is 13.1 Å². The largest absolute Gasteiger partial charge is 0.492 e. The van der Waals surface area contributed by atoms with E-state index < -0.39 is 11.2 Å². The van der Waals surface area contributed by atoms with E-state index in [-0.39, 0.29) is 5.82 Å². The number of H-pyrrole nitrogens is 1. The van der Waals surface area contributed by atoms with Crippen LogP contribution < -0.4 is 26.6 Å². The predicted molar refractivity (Wildman–Crippen MR) is 120 cm³/mol. The Hall–Kier alpha value is -3.48. The molecule has 0 saturated carbocycles. The highest BCUT2D eigenvalue weighted by Gasteiger charge is 2.19. The molecule has 30 heavy (non-hydrogen) atoms. The molecule has 0 saturated heterocycles. The summed E-state index contributed by atoms with van der Waals surface area (Å²) in [6.07, 6.45) is 1.71. The fourth-order valence-corrected chi connectivity index (χ4v) is 3.29. The number of anilines is 2. The molecule has 0 fully saturated rings. The van der Waals surface area contributed by atoms with Gasteiger partial charge in [0.1, 0.15) is 23.9 Å². The van der Waals surface area contributed by atoms with E-state index >= 15 is 0 Å². The minimum absolute atomic E-state index is 0.188. The minimum Gasteiger partial charge on any atom is -0.492 e. The molecular weight excluding hydrogens is 380 g/mol. The number of aromatic nitrogens is 2. The van der Waals surface area contributed by atoms with Crippen LogP contribution in [0.1, 0.15) is 25.3 Å².